The third kappa shape index (κ3) is 20.4. The Bertz CT molecular complexity index is 5510. The van der Waals surface area contributed by atoms with Gasteiger partial charge in [0.05, 0.1) is 76.1 Å². The smallest absolute Gasteiger partial charge is 0.311 e. The number of carboxylic acid groups (broad SMARTS) is 2. The maximum absolute atomic E-state index is 13.9. The van der Waals surface area contributed by atoms with Crippen molar-refractivity contribution in [1.82, 2.24) is 73.2 Å². The molecule has 2 N–H and O–H groups in total. The summed E-state index contributed by atoms with van der Waals surface area (Å²) in [6.45, 7) is 38.0. The van der Waals surface area contributed by atoms with Crippen molar-refractivity contribution in [3.05, 3.63) is 135 Å². The first-order chi connectivity index (χ1) is 59.3. The van der Waals surface area contributed by atoms with Crippen LogP contribution in [0.5, 0.6) is 0 Å². The predicted octanol–water partition coefficient (Wildman–Crippen LogP) is 16.7. The molecule has 7 aliphatic rings. The van der Waals surface area contributed by atoms with Crippen LogP contribution in [0.15, 0.2) is 85.3 Å². The lowest BCUT2D eigenvalue weighted by atomic mass is 9.71. The molecule has 6 aromatic heterocycles. The van der Waals surface area contributed by atoms with Crippen LogP contribution in [0.1, 0.15) is 280 Å². The number of aliphatic carboxylic acids is 2. The maximum Gasteiger partial charge on any atom is 0.311 e. The number of fused-ring (bicyclic) bond motifs is 3. The summed E-state index contributed by atoms with van der Waals surface area (Å²) in [5.74, 6) is -5.73. The molecular formula is C96H125Cl2F2N15O12. The SMILES string of the molecule is CC(C)(C)c1cc(C2CCC(F)(F)CC2)nn2cc(C(=O)N3CCN(C(=O)C4CCC(C(=O)O)CC4)CC3(C)C)nc12.CC1(C(=O)O)CCC(C(=O)N2CCN(C(=O)c3cn4nc(-c5ccc(Cl)cc5)cc(C(C)(C)C)c4n3)C(C)(C)C2)CC1.COC(=O)C1(C)CCC(C(=O)N2CCN(C(=O)c3cn4nc(-c5ccc(Cl)cc5)cc(C(C)(C)C)c4n3)C(C)(C)C2)CC1. The minimum atomic E-state index is -2.62. The number of alkyl halides is 2. The number of aromatic nitrogens is 9. The van der Waals surface area contributed by atoms with Crippen molar-refractivity contribution in [3.8, 4) is 22.5 Å². The van der Waals surface area contributed by atoms with Crippen LogP contribution in [-0.4, -0.2) is 225 Å². The molecule has 8 aromatic rings. The fraction of sp³-hybridized carbons (Fsp3) is 0.594. The van der Waals surface area contributed by atoms with Crippen molar-refractivity contribution >= 4 is 93.5 Å². The monoisotopic (exact) mass is 1790 g/mol. The number of carboxylic acids is 2. The Kier molecular flexibility index (Phi) is 26.6. The molecule has 127 heavy (non-hydrogen) atoms. The van der Waals surface area contributed by atoms with E-state index < -0.39 is 45.3 Å². The van der Waals surface area contributed by atoms with Crippen molar-refractivity contribution < 1.29 is 66.9 Å². The zero-order valence-electron chi connectivity index (χ0n) is 76.8. The number of carbonyl (C=O) groups excluding carboxylic acids is 7. The zero-order valence-corrected chi connectivity index (χ0v) is 78.4. The quantitative estimate of drug-likeness (QED) is 0.107. The van der Waals surface area contributed by atoms with E-state index in [0.717, 1.165) is 44.9 Å². The summed E-state index contributed by atoms with van der Waals surface area (Å²) in [7, 11) is 1.42. The number of hydrogen-bond donors (Lipinski definition) is 2. The second kappa shape index (κ2) is 35.8. The van der Waals surface area contributed by atoms with Gasteiger partial charge in [-0.25, -0.2) is 37.3 Å². The van der Waals surface area contributed by atoms with Crippen molar-refractivity contribution in [1.29, 1.82) is 0 Å². The van der Waals surface area contributed by atoms with E-state index in [1.165, 1.54) is 7.11 Å². The molecule has 9 heterocycles. The van der Waals surface area contributed by atoms with Gasteiger partial charge in [-0.2, -0.15) is 15.3 Å². The third-order valence-electron chi connectivity index (χ3n) is 27.7. The molecule has 0 radical (unpaired) electrons. The van der Waals surface area contributed by atoms with E-state index in [-0.39, 0.29) is 106 Å². The molecule has 0 spiro atoms. The van der Waals surface area contributed by atoms with E-state index in [1.807, 2.05) is 135 Å². The Morgan fingerprint density at radius 3 is 1.05 bits per heavy atom. The van der Waals surface area contributed by atoms with Crippen LogP contribution in [0.3, 0.4) is 0 Å². The van der Waals surface area contributed by atoms with E-state index in [1.54, 1.807) is 48.9 Å². The molecule has 6 amide bonds. The molecule has 4 aliphatic carbocycles. The number of esters is 1. The number of carbonyl (C=O) groups is 9. The van der Waals surface area contributed by atoms with Gasteiger partial charge in [0.1, 0.15) is 17.1 Å². The van der Waals surface area contributed by atoms with Gasteiger partial charge in [0.15, 0.2) is 16.9 Å². The van der Waals surface area contributed by atoms with Crippen LogP contribution >= 0.6 is 23.2 Å². The molecule has 3 aliphatic heterocycles. The van der Waals surface area contributed by atoms with Gasteiger partial charge in [-0.15, -0.1) is 0 Å². The van der Waals surface area contributed by atoms with Crippen LogP contribution in [0.4, 0.5) is 8.78 Å². The third-order valence-corrected chi connectivity index (χ3v) is 28.2. The summed E-state index contributed by atoms with van der Waals surface area (Å²) in [6, 6.07) is 21.1. The summed E-state index contributed by atoms with van der Waals surface area (Å²) in [6.07, 6.45) is 12.4. The largest absolute Gasteiger partial charge is 0.481 e. The highest BCUT2D eigenvalue weighted by molar-refractivity contribution is 6.31. The minimum absolute atomic E-state index is 0.0405. The molecule has 684 valence electrons. The molecular weight excluding hydrogens is 1660 g/mol. The van der Waals surface area contributed by atoms with Gasteiger partial charge in [-0.3, -0.25) is 43.2 Å². The lowest BCUT2D eigenvalue weighted by Gasteiger charge is -2.48. The molecule has 0 unspecified atom stereocenters. The maximum atomic E-state index is 13.9. The number of halogens is 4. The number of benzene rings is 2. The standard InChI is InChI=1S/C33H42ClN5O4.C32H40ClN5O4.C31H43F2N5O4/c1-31(2,3)24-18-25(21-8-10-23(34)11-9-21)36-39-19-26(35-27(24)39)29(41)38-17-16-37(20-32(38,4)5)28(40)22-12-14-33(6,15-13-22)30(42)43-7;1-30(2,3)23-17-24(20-7-9-22(33)10-8-20)35-38-18-25(34-26(23)38)28(40)37-16-15-36(19-31(37,4)5)27(39)21-11-13-32(6,14-12-21)29(41)42;1-29(2,3)22-16-23(19-10-12-31(32,33)13-11-19)35-38-17-24(34-25(22)38)27(40)37-15-14-36(18-30(37,4)5)26(39)20-6-8-21(9-7-20)28(41)42/h8-11,18-19,22H,12-17,20H2,1-7H3;7-10,17-18,21H,11-16,19H2,1-6H3,(H,41,42);16-17,19-21H,6-15,18H2,1-5H3,(H,41,42). The summed E-state index contributed by atoms with van der Waals surface area (Å²) >= 11 is 12.2. The van der Waals surface area contributed by atoms with Crippen LogP contribution in [0.25, 0.3) is 39.5 Å². The van der Waals surface area contributed by atoms with Crippen LogP contribution in [-0.2, 0) is 49.7 Å². The van der Waals surface area contributed by atoms with Crippen molar-refractivity contribution in [3.63, 3.8) is 0 Å². The highest BCUT2D eigenvalue weighted by Crippen LogP contribution is 2.46. The predicted molar refractivity (Wildman–Crippen MR) is 480 cm³/mol. The molecule has 2 aromatic carbocycles. The van der Waals surface area contributed by atoms with E-state index in [4.69, 9.17) is 58.2 Å². The number of rotatable bonds is 12. The van der Waals surface area contributed by atoms with Gasteiger partial charge < -0.3 is 44.3 Å². The van der Waals surface area contributed by atoms with Crippen molar-refractivity contribution in [2.45, 2.75) is 265 Å². The Morgan fingerprint density at radius 1 is 0.417 bits per heavy atom. The normalized spacial score (nSPS) is 23.4. The van der Waals surface area contributed by atoms with Gasteiger partial charge in [-0.1, -0.05) is 110 Å². The first-order valence-corrected chi connectivity index (χ1v) is 45.5. The molecule has 7 fully saturated rings. The summed E-state index contributed by atoms with van der Waals surface area (Å²) in [5, 5.41) is 34.5. The van der Waals surface area contributed by atoms with E-state index in [9.17, 15) is 62.1 Å². The average molecular weight is 1790 g/mol. The highest BCUT2D eigenvalue weighted by atomic mass is 35.5. The molecule has 3 saturated heterocycles. The van der Waals surface area contributed by atoms with Crippen LogP contribution in [0.2, 0.25) is 10.0 Å². The van der Waals surface area contributed by atoms with Crippen molar-refractivity contribution in [2.75, 3.05) is 66.0 Å². The van der Waals surface area contributed by atoms with Gasteiger partial charge in [0, 0.05) is 133 Å². The molecule has 4 saturated carbocycles. The summed E-state index contributed by atoms with van der Waals surface area (Å²) in [4.78, 5) is 142. The molecule has 0 atom stereocenters. The fourth-order valence-electron chi connectivity index (χ4n) is 19.6. The molecule has 31 heteroatoms. The second-order valence-corrected chi connectivity index (χ2v) is 42.8. The molecule has 27 nitrogen and oxygen atoms in total. The highest BCUT2D eigenvalue weighted by Gasteiger charge is 2.49. The first kappa shape index (κ1) is 94.6. The van der Waals surface area contributed by atoms with E-state index in [2.05, 4.69) is 62.3 Å². The minimum Gasteiger partial charge on any atom is -0.481 e. The van der Waals surface area contributed by atoms with Crippen LogP contribution < -0.4 is 0 Å². The summed E-state index contributed by atoms with van der Waals surface area (Å²) in [5.41, 5.74) is 5.85. The van der Waals surface area contributed by atoms with Gasteiger partial charge in [0.2, 0.25) is 23.6 Å². The first-order valence-electron chi connectivity index (χ1n) is 44.8. The fourth-order valence-corrected chi connectivity index (χ4v) is 19.8. The Hall–Kier alpha value is -10.0. The zero-order chi connectivity index (χ0) is 92.5. The Labute approximate surface area is 752 Å². The topological polar surface area (TPSA) is 313 Å². The van der Waals surface area contributed by atoms with Gasteiger partial charge >= 0.3 is 17.9 Å². The number of amides is 6. The summed E-state index contributed by atoms with van der Waals surface area (Å²) < 4.78 is 37.7. The van der Waals surface area contributed by atoms with Gasteiger partial charge in [0.25, 0.3) is 17.7 Å². The average Bonchev–Trinajstić information content (AvgIpc) is 1.63. The number of hydrogen-bond acceptors (Lipinski definition) is 16. The van der Waals surface area contributed by atoms with Crippen molar-refractivity contribution in [2.24, 2.45) is 34.5 Å². The van der Waals surface area contributed by atoms with Gasteiger partial charge in [-0.05, 0) is 204 Å². The molecule has 15 rings (SSSR count). The van der Waals surface area contributed by atoms with Crippen LogP contribution in [0, 0.1) is 34.5 Å². The number of nitrogens with zero attached hydrogens (tertiary/aromatic N) is 15. The Balaban J connectivity index is 0.000000163. The number of ether oxygens (including phenoxy) is 1. The number of methoxy groups -OCH3 is 1. The molecule has 0 bridgehead atoms. The second-order valence-electron chi connectivity index (χ2n) is 41.9. The van der Waals surface area contributed by atoms with E-state index >= 15 is 0 Å². The Morgan fingerprint density at radius 2 is 0.732 bits per heavy atom. The lowest BCUT2D eigenvalue weighted by molar-refractivity contribution is -0.156. The number of piperazine rings is 3. The lowest BCUT2D eigenvalue weighted by Crippen LogP contribution is -2.62. The van der Waals surface area contributed by atoms with E-state index in [0.29, 0.717) is 187 Å². The number of imidazole rings is 3.